The lowest BCUT2D eigenvalue weighted by Gasteiger charge is -2.36. The maximum atomic E-state index is 12.2. The van der Waals surface area contributed by atoms with Gasteiger partial charge < -0.3 is 0 Å². The van der Waals surface area contributed by atoms with E-state index in [1.165, 1.54) is 16.7 Å². The Balaban J connectivity index is 1.86. The largest absolute Gasteiger partial charge is 0.296 e. The highest BCUT2D eigenvalue weighted by Crippen LogP contribution is 2.28. The molecule has 0 aromatic carbocycles. The van der Waals surface area contributed by atoms with Crippen LogP contribution in [-0.2, 0) is 16.4 Å². The molecule has 0 spiro atoms. The molecule has 0 bridgehead atoms. The molecule has 7 heteroatoms. The van der Waals surface area contributed by atoms with Crippen LogP contribution in [0, 0.1) is 0 Å². The lowest BCUT2D eigenvalue weighted by atomic mass is 9.94. The Kier molecular flexibility index (Phi) is 4.73. The maximum absolute atomic E-state index is 12.2. The van der Waals surface area contributed by atoms with Crippen LogP contribution in [0.5, 0.6) is 0 Å². The van der Waals surface area contributed by atoms with E-state index in [4.69, 9.17) is 0 Å². The molecule has 1 saturated carbocycles. The summed E-state index contributed by atoms with van der Waals surface area (Å²) in [6, 6.07) is 6.94. The smallest absolute Gasteiger partial charge is 0.258 e. The van der Waals surface area contributed by atoms with E-state index >= 15 is 0 Å². The average Bonchev–Trinajstić information content (AvgIpc) is 2.54. The molecule has 0 radical (unpaired) electrons. The van der Waals surface area contributed by atoms with E-state index in [0.717, 1.165) is 19.3 Å². The quantitative estimate of drug-likeness (QED) is 0.836. The first-order chi connectivity index (χ1) is 11.4. The van der Waals surface area contributed by atoms with E-state index in [2.05, 4.69) is 4.98 Å². The molecule has 0 amide bonds. The summed E-state index contributed by atoms with van der Waals surface area (Å²) >= 11 is 0. The Morgan fingerprint density at radius 2 is 2.04 bits per heavy atom. The number of fused-ring (bicyclic) bond motifs is 1. The Hall–Kier alpha value is -1.73. The van der Waals surface area contributed by atoms with Gasteiger partial charge in [0, 0.05) is 31.1 Å². The fourth-order valence-electron chi connectivity index (χ4n) is 3.64. The summed E-state index contributed by atoms with van der Waals surface area (Å²) in [5.41, 5.74) is 1.16. The van der Waals surface area contributed by atoms with Gasteiger partial charge in [-0.1, -0.05) is 18.9 Å². The van der Waals surface area contributed by atoms with Gasteiger partial charge in [0.05, 0.1) is 10.9 Å². The highest BCUT2D eigenvalue weighted by atomic mass is 32.2. The van der Waals surface area contributed by atoms with Gasteiger partial charge in [-0.2, -0.15) is 0 Å². The molecule has 2 aromatic heterocycles. The highest BCUT2D eigenvalue weighted by molar-refractivity contribution is 7.91. The van der Waals surface area contributed by atoms with Crippen molar-refractivity contribution in [1.82, 2.24) is 14.3 Å². The first-order valence-corrected chi connectivity index (χ1v) is 10.2. The minimum Gasteiger partial charge on any atom is -0.296 e. The molecule has 1 fully saturated rings. The van der Waals surface area contributed by atoms with Crippen LogP contribution in [0.2, 0.25) is 0 Å². The standard InChI is InChI=1S/C17H23N3O3S/c1-19(14-7-3-4-8-15(14)24(2,22)23)12-13-11-17(21)20-10-6-5-9-16(20)18-13/h5-6,9-11,14-15H,3-4,7-8,12H2,1-2H3/t14-,15-/m0/s1. The second kappa shape index (κ2) is 6.64. The zero-order valence-electron chi connectivity index (χ0n) is 14.1. The molecule has 3 rings (SSSR count). The van der Waals surface area contributed by atoms with Crippen molar-refractivity contribution in [2.24, 2.45) is 0 Å². The van der Waals surface area contributed by atoms with Crippen LogP contribution in [0.3, 0.4) is 0 Å². The second-order valence-electron chi connectivity index (χ2n) is 6.65. The zero-order chi connectivity index (χ0) is 17.3. The van der Waals surface area contributed by atoms with Crippen molar-refractivity contribution >= 4 is 15.5 Å². The third kappa shape index (κ3) is 3.52. The minimum absolute atomic E-state index is 0.0234. The molecule has 24 heavy (non-hydrogen) atoms. The van der Waals surface area contributed by atoms with Crippen LogP contribution in [0.25, 0.3) is 5.65 Å². The van der Waals surface area contributed by atoms with Gasteiger partial charge >= 0.3 is 0 Å². The second-order valence-corrected chi connectivity index (χ2v) is 8.91. The lowest BCUT2D eigenvalue weighted by Crippen LogP contribution is -2.46. The van der Waals surface area contributed by atoms with Gasteiger partial charge in [-0.05, 0) is 32.0 Å². The Morgan fingerprint density at radius 3 is 2.79 bits per heavy atom. The Labute approximate surface area is 142 Å². The minimum atomic E-state index is -3.08. The maximum Gasteiger partial charge on any atom is 0.258 e. The summed E-state index contributed by atoms with van der Waals surface area (Å²) in [5.74, 6) is 0. The monoisotopic (exact) mass is 349 g/mol. The third-order valence-electron chi connectivity index (χ3n) is 4.82. The van der Waals surface area contributed by atoms with Crippen molar-refractivity contribution in [2.45, 2.75) is 43.5 Å². The van der Waals surface area contributed by atoms with Crippen LogP contribution in [-0.4, -0.2) is 47.3 Å². The molecule has 0 N–H and O–H groups in total. The summed E-state index contributed by atoms with van der Waals surface area (Å²) in [6.07, 6.45) is 6.58. The number of sulfone groups is 1. The Bertz CT molecular complexity index is 891. The van der Waals surface area contributed by atoms with E-state index in [1.54, 1.807) is 18.3 Å². The molecule has 130 valence electrons. The van der Waals surface area contributed by atoms with Gasteiger partial charge in [0.1, 0.15) is 5.65 Å². The van der Waals surface area contributed by atoms with Crippen molar-refractivity contribution in [3.05, 3.63) is 46.5 Å². The van der Waals surface area contributed by atoms with Gasteiger partial charge in [0.25, 0.3) is 5.56 Å². The number of pyridine rings is 1. The van der Waals surface area contributed by atoms with E-state index in [-0.39, 0.29) is 16.9 Å². The van der Waals surface area contributed by atoms with Crippen molar-refractivity contribution in [2.75, 3.05) is 13.3 Å². The lowest BCUT2D eigenvalue weighted by molar-refractivity contribution is 0.185. The summed E-state index contributed by atoms with van der Waals surface area (Å²) in [5, 5.41) is -0.335. The fraction of sp³-hybridized carbons (Fsp3) is 0.529. The summed E-state index contributed by atoms with van der Waals surface area (Å²) in [4.78, 5) is 18.8. The first-order valence-electron chi connectivity index (χ1n) is 8.23. The Morgan fingerprint density at radius 1 is 1.29 bits per heavy atom. The van der Waals surface area contributed by atoms with Crippen LogP contribution in [0.1, 0.15) is 31.4 Å². The molecule has 2 heterocycles. The molecule has 2 atom stereocenters. The predicted octanol–water partition coefficient (Wildman–Crippen LogP) is 1.48. The highest BCUT2D eigenvalue weighted by Gasteiger charge is 2.35. The normalized spacial score (nSPS) is 22.1. The van der Waals surface area contributed by atoms with Gasteiger partial charge in [0.15, 0.2) is 9.84 Å². The average molecular weight is 349 g/mol. The van der Waals surface area contributed by atoms with E-state index in [9.17, 15) is 13.2 Å². The number of hydrogen-bond donors (Lipinski definition) is 0. The van der Waals surface area contributed by atoms with Crippen LogP contribution in [0.15, 0.2) is 35.3 Å². The topological polar surface area (TPSA) is 71.8 Å². The molecule has 6 nitrogen and oxygen atoms in total. The van der Waals surface area contributed by atoms with Crippen LogP contribution >= 0.6 is 0 Å². The molecular formula is C17H23N3O3S. The summed E-state index contributed by atoms with van der Waals surface area (Å²) in [7, 11) is -1.16. The number of aromatic nitrogens is 2. The SMILES string of the molecule is CN(Cc1cc(=O)n2ccccc2n1)[C@H]1CCCC[C@@H]1S(C)(=O)=O. The fourth-order valence-corrected chi connectivity index (χ4v) is 5.15. The van der Waals surface area contributed by atoms with Crippen molar-refractivity contribution in [1.29, 1.82) is 0 Å². The van der Waals surface area contributed by atoms with Crippen molar-refractivity contribution in [3.63, 3.8) is 0 Å². The number of nitrogens with zero attached hydrogens (tertiary/aromatic N) is 3. The molecule has 1 aliphatic rings. The zero-order valence-corrected chi connectivity index (χ0v) is 14.9. The van der Waals surface area contributed by atoms with E-state index < -0.39 is 9.84 Å². The molecule has 0 aliphatic heterocycles. The molecule has 2 aromatic rings. The predicted molar refractivity (Wildman–Crippen MR) is 93.8 cm³/mol. The van der Waals surface area contributed by atoms with E-state index in [1.807, 2.05) is 18.0 Å². The van der Waals surface area contributed by atoms with Crippen LogP contribution < -0.4 is 5.56 Å². The number of rotatable bonds is 4. The molecule has 1 aliphatic carbocycles. The summed E-state index contributed by atoms with van der Waals surface area (Å²) in [6.45, 7) is 0.470. The molecule has 0 unspecified atom stereocenters. The van der Waals surface area contributed by atoms with Gasteiger partial charge in [-0.15, -0.1) is 0 Å². The van der Waals surface area contributed by atoms with Crippen molar-refractivity contribution < 1.29 is 8.42 Å². The molecular weight excluding hydrogens is 326 g/mol. The third-order valence-corrected chi connectivity index (χ3v) is 6.47. The number of hydrogen-bond acceptors (Lipinski definition) is 5. The van der Waals surface area contributed by atoms with E-state index in [0.29, 0.717) is 24.3 Å². The van der Waals surface area contributed by atoms with Gasteiger partial charge in [0.2, 0.25) is 0 Å². The first kappa shape index (κ1) is 17.1. The summed E-state index contributed by atoms with van der Waals surface area (Å²) < 4.78 is 25.7. The molecule has 0 saturated heterocycles. The van der Waals surface area contributed by atoms with Gasteiger partial charge in [-0.3, -0.25) is 14.1 Å². The van der Waals surface area contributed by atoms with Crippen molar-refractivity contribution in [3.8, 4) is 0 Å². The van der Waals surface area contributed by atoms with Crippen LogP contribution in [0.4, 0.5) is 0 Å². The van der Waals surface area contributed by atoms with Gasteiger partial charge in [-0.25, -0.2) is 13.4 Å².